The zero-order valence-electron chi connectivity index (χ0n) is 11.9. The lowest BCUT2D eigenvalue weighted by atomic mass is 10.3. The Hall–Kier alpha value is -3.13. The van der Waals surface area contributed by atoms with Crippen molar-refractivity contribution in [1.82, 2.24) is 9.97 Å². The predicted octanol–water partition coefficient (Wildman–Crippen LogP) is 3.71. The molecule has 1 unspecified atom stereocenters. The first-order valence-corrected chi connectivity index (χ1v) is 6.80. The first-order valence-electron chi connectivity index (χ1n) is 6.80. The fourth-order valence-electron chi connectivity index (χ4n) is 1.93. The van der Waals surface area contributed by atoms with E-state index < -0.39 is 6.10 Å². The SMILES string of the molecule is CC(C#N)Oc1ccc(Oc2cnc3ccccc3n2)cc1. The highest BCUT2D eigenvalue weighted by molar-refractivity contribution is 5.74. The minimum Gasteiger partial charge on any atom is -0.476 e. The normalized spacial score (nSPS) is 11.6. The fraction of sp³-hybridized carbons (Fsp3) is 0.118. The number of benzene rings is 2. The van der Waals surface area contributed by atoms with Crippen LogP contribution >= 0.6 is 0 Å². The van der Waals surface area contributed by atoms with E-state index >= 15 is 0 Å². The van der Waals surface area contributed by atoms with E-state index in [2.05, 4.69) is 9.97 Å². The van der Waals surface area contributed by atoms with Crippen LogP contribution in [0.25, 0.3) is 11.0 Å². The lowest BCUT2D eigenvalue weighted by molar-refractivity contribution is 0.276. The van der Waals surface area contributed by atoms with Crippen LogP contribution in [-0.4, -0.2) is 16.1 Å². The predicted molar refractivity (Wildman–Crippen MR) is 81.8 cm³/mol. The summed E-state index contributed by atoms with van der Waals surface area (Å²) in [7, 11) is 0. The molecule has 3 aromatic rings. The molecule has 0 aliphatic heterocycles. The molecule has 0 aliphatic rings. The van der Waals surface area contributed by atoms with Gasteiger partial charge in [0.25, 0.3) is 0 Å². The summed E-state index contributed by atoms with van der Waals surface area (Å²) < 4.78 is 11.1. The lowest BCUT2D eigenvalue weighted by Gasteiger charge is -2.09. The number of nitriles is 1. The van der Waals surface area contributed by atoms with Crippen LogP contribution in [0.5, 0.6) is 17.4 Å². The highest BCUT2D eigenvalue weighted by Gasteiger charge is 2.04. The van der Waals surface area contributed by atoms with Crippen LogP contribution in [0, 0.1) is 11.3 Å². The Bertz CT molecular complexity index is 825. The smallest absolute Gasteiger partial charge is 0.238 e. The number of ether oxygens (including phenoxy) is 2. The second-order valence-corrected chi connectivity index (χ2v) is 4.66. The average Bonchev–Trinajstić information content (AvgIpc) is 2.56. The van der Waals surface area contributed by atoms with Gasteiger partial charge in [0.1, 0.15) is 17.6 Å². The first kappa shape index (κ1) is 13.8. The Morgan fingerprint density at radius 3 is 2.41 bits per heavy atom. The van der Waals surface area contributed by atoms with Gasteiger partial charge in [-0.15, -0.1) is 0 Å². The second kappa shape index (κ2) is 6.10. The van der Waals surface area contributed by atoms with Gasteiger partial charge in [-0.1, -0.05) is 12.1 Å². The zero-order chi connectivity index (χ0) is 15.4. The van der Waals surface area contributed by atoms with Gasteiger partial charge in [-0.05, 0) is 43.3 Å². The van der Waals surface area contributed by atoms with Crippen molar-refractivity contribution < 1.29 is 9.47 Å². The molecule has 0 bridgehead atoms. The Kier molecular flexibility index (Phi) is 3.84. The third-order valence-electron chi connectivity index (χ3n) is 2.97. The third-order valence-corrected chi connectivity index (χ3v) is 2.97. The van der Waals surface area contributed by atoms with Crippen LogP contribution in [0.1, 0.15) is 6.92 Å². The van der Waals surface area contributed by atoms with Crippen molar-refractivity contribution in [3.8, 4) is 23.4 Å². The summed E-state index contributed by atoms with van der Waals surface area (Å²) in [6.07, 6.45) is 1.10. The molecule has 5 heteroatoms. The number of aromatic nitrogens is 2. The van der Waals surface area contributed by atoms with Crippen LogP contribution in [-0.2, 0) is 0 Å². The van der Waals surface area contributed by atoms with Crippen LogP contribution in [0.4, 0.5) is 0 Å². The first-order chi connectivity index (χ1) is 10.7. The maximum absolute atomic E-state index is 8.72. The molecule has 0 N–H and O–H groups in total. The van der Waals surface area contributed by atoms with E-state index in [0.29, 0.717) is 17.4 Å². The van der Waals surface area contributed by atoms with E-state index in [0.717, 1.165) is 11.0 Å². The van der Waals surface area contributed by atoms with Gasteiger partial charge in [0.05, 0.1) is 17.2 Å². The number of fused-ring (bicyclic) bond motifs is 1. The zero-order valence-corrected chi connectivity index (χ0v) is 11.9. The van der Waals surface area contributed by atoms with Crippen molar-refractivity contribution >= 4 is 11.0 Å². The minimum absolute atomic E-state index is 0.428. The molecule has 1 atom stereocenters. The summed E-state index contributed by atoms with van der Waals surface area (Å²) >= 11 is 0. The van der Waals surface area contributed by atoms with Crippen molar-refractivity contribution in [3.05, 3.63) is 54.7 Å². The standard InChI is InChI=1S/C17H13N3O2/c1-12(10-18)21-13-6-8-14(9-7-13)22-17-11-19-15-4-2-3-5-16(15)20-17/h2-9,11-12H,1H3. The molecule has 5 nitrogen and oxygen atoms in total. The second-order valence-electron chi connectivity index (χ2n) is 4.66. The molecule has 0 saturated heterocycles. The molecule has 108 valence electrons. The molecule has 0 saturated carbocycles. The van der Waals surface area contributed by atoms with Crippen molar-refractivity contribution in [2.75, 3.05) is 0 Å². The lowest BCUT2D eigenvalue weighted by Crippen LogP contribution is -2.07. The monoisotopic (exact) mass is 291 g/mol. The molecule has 1 aromatic heterocycles. The van der Waals surface area contributed by atoms with E-state index in [1.54, 1.807) is 37.4 Å². The van der Waals surface area contributed by atoms with Gasteiger partial charge in [0.15, 0.2) is 6.10 Å². The Labute approximate surface area is 127 Å². The van der Waals surface area contributed by atoms with E-state index in [9.17, 15) is 0 Å². The Morgan fingerprint density at radius 1 is 1.00 bits per heavy atom. The summed E-state index contributed by atoms with van der Waals surface area (Å²) in [5, 5.41) is 8.72. The van der Waals surface area contributed by atoms with Crippen LogP contribution in [0.3, 0.4) is 0 Å². The number of nitrogens with zero attached hydrogens (tertiary/aromatic N) is 3. The number of hydrogen-bond acceptors (Lipinski definition) is 5. The molecule has 2 aromatic carbocycles. The highest BCUT2D eigenvalue weighted by atomic mass is 16.5. The van der Waals surface area contributed by atoms with Crippen molar-refractivity contribution in [3.63, 3.8) is 0 Å². The molecular formula is C17H13N3O2. The van der Waals surface area contributed by atoms with Crippen molar-refractivity contribution in [2.24, 2.45) is 0 Å². The van der Waals surface area contributed by atoms with Crippen LogP contribution < -0.4 is 9.47 Å². The molecule has 0 radical (unpaired) electrons. The molecule has 0 spiro atoms. The minimum atomic E-state index is -0.488. The molecule has 0 amide bonds. The largest absolute Gasteiger partial charge is 0.476 e. The maximum atomic E-state index is 8.72. The van der Waals surface area contributed by atoms with Gasteiger partial charge in [-0.2, -0.15) is 5.26 Å². The van der Waals surface area contributed by atoms with Crippen molar-refractivity contribution in [2.45, 2.75) is 13.0 Å². The van der Waals surface area contributed by atoms with Crippen LogP contribution in [0.15, 0.2) is 54.7 Å². The average molecular weight is 291 g/mol. The quantitative estimate of drug-likeness (QED) is 0.733. The van der Waals surface area contributed by atoms with E-state index in [-0.39, 0.29) is 0 Å². The van der Waals surface area contributed by atoms with Gasteiger partial charge in [-0.25, -0.2) is 9.97 Å². The third kappa shape index (κ3) is 3.13. The van der Waals surface area contributed by atoms with E-state index in [1.165, 1.54) is 0 Å². The molecule has 0 fully saturated rings. The van der Waals surface area contributed by atoms with Gasteiger partial charge in [0, 0.05) is 0 Å². The van der Waals surface area contributed by atoms with Gasteiger partial charge >= 0.3 is 0 Å². The molecule has 1 heterocycles. The molecular weight excluding hydrogens is 278 g/mol. The maximum Gasteiger partial charge on any atom is 0.238 e. The van der Waals surface area contributed by atoms with Gasteiger partial charge in [0.2, 0.25) is 5.88 Å². The van der Waals surface area contributed by atoms with Crippen molar-refractivity contribution in [1.29, 1.82) is 5.26 Å². The summed E-state index contributed by atoms with van der Waals surface area (Å²) in [5.74, 6) is 1.67. The van der Waals surface area contributed by atoms with E-state index in [1.807, 2.05) is 30.3 Å². The van der Waals surface area contributed by atoms with E-state index in [4.69, 9.17) is 14.7 Å². The highest BCUT2D eigenvalue weighted by Crippen LogP contribution is 2.23. The molecule has 3 rings (SSSR count). The van der Waals surface area contributed by atoms with Crippen LogP contribution in [0.2, 0.25) is 0 Å². The Morgan fingerprint density at radius 2 is 1.68 bits per heavy atom. The molecule has 0 aliphatic carbocycles. The number of para-hydroxylation sites is 2. The summed E-state index contributed by atoms with van der Waals surface area (Å²) in [4.78, 5) is 8.69. The van der Waals surface area contributed by atoms with Gasteiger partial charge < -0.3 is 9.47 Å². The summed E-state index contributed by atoms with van der Waals surface area (Å²) in [6, 6.07) is 16.6. The molecule has 22 heavy (non-hydrogen) atoms. The summed E-state index contributed by atoms with van der Waals surface area (Å²) in [5.41, 5.74) is 1.60. The fourth-order valence-corrected chi connectivity index (χ4v) is 1.93. The summed E-state index contributed by atoms with van der Waals surface area (Å²) in [6.45, 7) is 1.69. The Balaban J connectivity index is 1.75. The van der Waals surface area contributed by atoms with Gasteiger partial charge in [-0.3, -0.25) is 0 Å². The number of hydrogen-bond donors (Lipinski definition) is 0. The number of rotatable bonds is 4. The topological polar surface area (TPSA) is 68.0 Å².